The standard InChI is InChI=1S/C15H23N3S/c1-3-6-16-14(11-13-5-10-19-12-13)15-17-7-9-18(15)8-4-2/h5,7,9-10,12,14,16H,3-4,6,8,11H2,1-2H3. The predicted octanol–water partition coefficient (Wildman–Crippen LogP) is 3.64. The Bertz CT molecular complexity index is 461. The van der Waals surface area contributed by atoms with Crippen molar-refractivity contribution in [2.75, 3.05) is 6.54 Å². The van der Waals surface area contributed by atoms with E-state index in [-0.39, 0.29) is 0 Å². The number of rotatable bonds is 8. The Kier molecular flexibility index (Phi) is 5.61. The fourth-order valence-electron chi connectivity index (χ4n) is 2.28. The summed E-state index contributed by atoms with van der Waals surface area (Å²) in [6.45, 7) is 6.49. The highest BCUT2D eigenvalue weighted by Gasteiger charge is 2.16. The average molecular weight is 277 g/mol. The molecule has 3 nitrogen and oxygen atoms in total. The molecule has 0 fully saturated rings. The number of hydrogen-bond acceptors (Lipinski definition) is 3. The van der Waals surface area contributed by atoms with Crippen LogP contribution in [0.2, 0.25) is 0 Å². The molecule has 0 aliphatic carbocycles. The molecule has 0 saturated heterocycles. The van der Waals surface area contributed by atoms with Crippen LogP contribution in [0.15, 0.2) is 29.2 Å². The van der Waals surface area contributed by atoms with E-state index >= 15 is 0 Å². The van der Waals surface area contributed by atoms with Crippen LogP contribution in [0.5, 0.6) is 0 Å². The number of nitrogens with one attached hydrogen (secondary N) is 1. The quantitative estimate of drug-likeness (QED) is 0.798. The third-order valence-corrected chi connectivity index (χ3v) is 3.92. The van der Waals surface area contributed by atoms with Gasteiger partial charge in [0.25, 0.3) is 0 Å². The van der Waals surface area contributed by atoms with Gasteiger partial charge in [0.2, 0.25) is 0 Å². The molecule has 0 bridgehead atoms. The zero-order valence-corrected chi connectivity index (χ0v) is 12.6. The van der Waals surface area contributed by atoms with Crippen LogP contribution >= 0.6 is 11.3 Å². The van der Waals surface area contributed by atoms with Crippen LogP contribution in [-0.2, 0) is 13.0 Å². The number of aromatic nitrogens is 2. The van der Waals surface area contributed by atoms with Crippen LogP contribution in [0.3, 0.4) is 0 Å². The molecule has 0 aliphatic rings. The van der Waals surface area contributed by atoms with Gasteiger partial charge in [0.05, 0.1) is 6.04 Å². The smallest absolute Gasteiger partial charge is 0.126 e. The van der Waals surface area contributed by atoms with E-state index in [1.807, 2.05) is 6.20 Å². The molecule has 0 aliphatic heterocycles. The fraction of sp³-hybridized carbons (Fsp3) is 0.533. The number of hydrogen-bond donors (Lipinski definition) is 1. The summed E-state index contributed by atoms with van der Waals surface area (Å²) in [5, 5.41) is 8.00. The van der Waals surface area contributed by atoms with Gasteiger partial charge in [-0.1, -0.05) is 13.8 Å². The van der Waals surface area contributed by atoms with E-state index in [0.29, 0.717) is 6.04 Å². The summed E-state index contributed by atoms with van der Waals surface area (Å²) in [6.07, 6.45) is 7.31. The van der Waals surface area contributed by atoms with Crippen molar-refractivity contribution in [2.45, 2.75) is 45.7 Å². The lowest BCUT2D eigenvalue weighted by atomic mass is 10.1. The minimum absolute atomic E-state index is 0.316. The third-order valence-electron chi connectivity index (χ3n) is 3.18. The van der Waals surface area contributed by atoms with E-state index in [4.69, 9.17) is 0 Å². The molecule has 0 amide bonds. The van der Waals surface area contributed by atoms with Crippen molar-refractivity contribution in [3.63, 3.8) is 0 Å². The van der Waals surface area contributed by atoms with Crippen molar-refractivity contribution in [2.24, 2.45) is 0 Å². The van der Waals surface area contributed by atoms with Crippen molar-refractivity contribution in [1.82, 2.24) is 14.9 Å². The zero-order chi connectivity index (χ0) is 13.5. The Morgan fingerprint density at radius 1 is 1.37 bits per heavy atom. The minimum atomic E-state index is 0.316. The SMILES string of the molecule is CCCNC(Cc1ccsc1)c1nccn1CCC. The Labute approximate surface area is 119 Å². The van der Waals surface area contributed by atoms with Crippen molar-refractivity contribution in [1.29, 1.82) is 0 Å². The summed E-state index contributed by atoms with van der Waals surface area (Å²) in [7, 11) is 0. The molecular formula is C15H23N3S. The Morgan fingerprint density at radius 3 is 2.95 bits per heavy atom. The Morgan fingerprint density at radius 2 is 2.26 bits per heavy atom. The summed E-state index contributed by atoms with van der Waals surface area (Å²) < 4.78 is 2.28. The molecule has 1 unspecified atom stereocenters. The molecule has 0 radical (unpaired) electrons. The number of imidazole rings is 1. The lowest BCUT2D eigenvalue weighted by molar-refractivity contribution is 0.476. The van der Waals surface area contributed by atoms with E-state index in [9.17, 15) is 0 Å². The van der Waals surface area contributed by atoms with Crippen molar-refractivity contribution in [3.8, 4) is 0 Å². The maximum absolute atomic E-state index is 4.57. The monoisotopic (exact) mass is 277 g/mol. The van der Waals surface area contributed by atoms with Gasteiger partial charge < -0.3 is 9.88 Å². The van der Waals surface area contributed by atoms with Gasteiger partial charge in [-0.3, -0.25) is 0 Å². The highest BCUT2D eigenvalue weighted by molar-refractivity contribution is 7.07. The lowest BCUT2D eigenvalue weighted by Crippen LogP contribution is -2.27. The topological polar surface area (TPSA) is 29.9 Å². The van der Waals surface area contributed by atoms with Crippen LogP contribution in [0.1, 0.15) is 44.1 Å². The number of nitrogens with zero attached hydrogens (tertiary/aromatic N) is 2. The van der Waals surface area contributed by atoms with E-state index < -0.39 is 0 Å². The molecule has 0 spiro atoms. The Hall–Kier alpha value is -1.13. The third kappa shape index (κ3) is 3.91. The van der Waals surface area contributed by atoms with Crippen LogP contribution in [0.25, 0.3) is 0 Å². The molecule has 19 heavy (non-hydrogen) atoms. The molecular weight excluding hydrogens is 254 g/mol. The second kappa shape index (κ2) is 7.46. The van der Waals surface area contributed by atoms with Gasteiger partial charge in [0.15, 0.2) is 0 Å². The Balaban J connectivity index is 2.13. The van der Waals surface area contributed by atoms with Gasteiger partial charge >= 0.3 is 0 Å². The molecule has 2 aromatic rings. The predicted molar refractivity (Wildman–Crippen MR) is 81.6 cm³/mol. The molecule has 1 atom stereocenters. The summed E-state index contributed by atoms with van der Waals surface area (Å²) in [6, 6.07) is 2.52. The van der Waals surface area contributed by atoms with Gasteiger partial charge in [-0.15, -0.1) is 0 Å². The summed E-state index contributed by atoms with van der Waals surface area (Å²) >= 11 is 1.76. The molecule has 2 heterocycles. The van der Waals surface area contributed by atoms with Crippen molar-refractivity contribution < 1.29 is 0 Å². The fourth-order valence-corrected chi connectivity index (χ4v) is 2.96. The van der Waals surface area contributed by atoms with Crippen LogP contribution in [-0.4, -0.2) is 16.1 Å². The van der Waals surface area contributed by atoms with Gasteiger partial charge in [0.1, 0.15) is 5.82 Å². The highest BCUT2D eigenvalue weighted by Crippen LogP contribution is 2.19. The molecule has 1 N–H and O–H groups in total. The lowest BCUT2D eigenvalue weighted by Gasteiger charge is -2.19. The van der Waals surface area contributed by atoms with E-state index in [1.54, 1.807) is 11.3 Å². The van der Waals surface area contributed by atoms with Crippen LogP contribution in [0, 0.1) is 0 Å². The van der Waals surface area contributed by atoms with E-state index in [1.165, 1.54) is 11.4 Å². The number of thiophene rings is 1. The molecule has 0 saturated carbocycles. The second-order valence-corrected chi connectivity index (χ2v) is 5.60. The average Bonchev–Trinajstić information content (AvgIpc) is 3.06. The second-order valence-electron chi connectivity index (χ2n) is 4.82. The molecule has 4 heteroatoms. The van der Waals surface area contributed by atoms with E-state index in [2.05, 4.69) is 51.7 Å². The molecule has 104 valence electrons. The maximum atomic E-state index is 4.57. The van der Waals surface area contributed by atoms with Gasteiger partial charge in [-0.05, 0) is 48.2 Å². The van der Waals surface area contributed by atoms with Crippen LogP contribution < -0.4 is 5.32 Å². The van der Waals surface area contributed by atoms with Crippen LogP contribution in [0.4, 0.5) is 0 Å². The first kappa shape index (κ1) is 14.3. The first-order valence-corrected chi connectivity index (χ1v) is 8.04. The minimum Gasteiger partial charge on any atom is -0.334 e. The summed E-state index contributed by atoms with van der Waals surface area (Å²) in [5.74, 6) is 1.17. The van der Waals surface area contributed by atoms with E-state index in [0.717, 1.165) is 32.4 Å². The van der Waals surface area contributed by atoms with Crippen molar-refractivity contribution >= 4 is 11.3 Å². The van der Waals surface area contributed by atoms with Crippen molar-refractivity contribution in [3.05, 3.63) is 40.6 Å². The van der Waals surface area contributed by atoms with Gasteiger partial charge in [0, 0.05) is 18.9 Å². The zero-order valence-electron chi connectivity index (χ0n) is 11.8. The van der Waals surface area contributed by atoms with Gasteiger partial charge in [-0.25, -0.2) is 4.98 Å². The maximum Gasteiger partial charge on any atom is 0.126 e. The normalized spacial score (nSPS) is 12.7. The number of aryl methyl sites for hydroxylation is 1. The largest absolute Gasteiger partial charge is 0.334 e. The molecule has 0 aromatic carbocycles. The summed E-state index contributed by atoms with van der Waals surface area (Å²) in [5.41, 5.74) is 1.39. The first-order chi connectivity index (χ1) is 9.35. The summed E-state index contributed by atoms with van der Waals surface area (Å²) in [4.78, 5) is 4.57. The highest BCUT2D eigenvalue weighted by atomic mass is 32.1. The first-order valence-electron chi connectivity index (χ1n) is 7.10. The molecule has 2 rings (SSSR count). The molecule has 2 aromatic heterocycles. The van der Waals surface area contributed by atoms with Gasteiger partial charge in [-0.2, -0.15) is 11.3 Å².